The molecule has 0 atom stereocenters. The first kappa shape index (κ1) is 13.2. The van der Waals surface area contributed by atoms with Crippen LogP contribution < -0.4 is 9.97 Å². The molecule has 7 nitrogen and oxygen atoms in total. The number of hydrogen-bond acceptors (Lipinski definition) is 5. The quantitative estimate of drug-likeness (QED) is 0.729. The van der Waals surface area contributed by atoms with Crippen molar-refractivity contribution in [3.8, 4) is 0 Å². The van der Waals surface area contributed by atoms with Gasteiger partial charge in [0, 0.05) is 0 Å². The van der Waals surface area contributed by atoms with Crippen LogP contribution in [0.5, 0.6) is 0 Å². The molecule has 8 heteroatoms. The van der Waals surface area contributed by atoms with Crippen molar-refractivity contribution in [3.63, 3.8) is 0 Å². The molecule has 0 radical (unpaired) electrons. The third kappa shape index (κ3) is 2.48. The Morgan fingerprint density at radius 2 is 2.11 bits per heavy atom. The van der Waals surface area contributed by atoms with E-state index >= 15 is 0 Å². The van der Waals surface area contributed by atoms with E-state index in [0.717, 1.165) is 15.5 Å². The van der Waals surface area contributed by atoms with E-state index in [4.69, 9.17) is 0 Å². The maximum atomic E-state index is 12.2. The number of fused-ring (bicyclic) bond motifs is 1. The maximum absolute atomic E-state index is 12.2. The average Bonchev–Trinajstić information content (AvgIpc) is 2.36. The van der Waals surface area contributed by atoms with E-state index in [1.165, 1.54) is 6.08 Å². The third-order valence-electron chi connectivity index (χ3n) is 2.43. The predicted molar refractivity (Wildman–Crippen MR) is 71.9 cm³/mol. The van der Waals surface area contributed by atoms with Crippen molar-refractivity contribution in [2.75, 3.05) is 17.2 Å². The van der Waals surface area contributed by atoms with Gasteiger partial charge in [0.25, 0.3) is 5.56 Å². The first-order valence-corrected chi connectivity index (χ1v) is 7.23. The molecule has 0 saturated heterocycles. The first-order chi connectivity index (χ1) is 8.95. The summed E-state index contributed by atoms with van der Waals surface area (Å²) in [6.07, 6.45) is 2.35. The third-order valence-corrected chi connectivity index (χ3v) is 3.50. The van der Waals surface area contributed by atoms with Crippen molar-refractivity contribution in [3.05, 3.63) is 47.3 Å². The van der Waals surface area contributed by atoms with Gasteiger partial charge in [0.1, 0.15) is 5.52 Å². The highest BCUT2D eigenvalue weighted by atomic mass is 32.2. The molecule has 0 fully saturated rings. The lowest BCUT2D eigenvalue weighted by atomic mass is 10.2. The standard InChI is InChI=1S/C11H12N4O3S/c1-3-8-14(19(2,17)18)15-11(16)9-6-4-5-7-10(9)12-13-15/h3-7H,1,8H2,2H3. The Kier molecular flexibility index (Phi) is 3.34. The second-order valence-electron chi connectivity index (χ2n) is 3.86. The Bertz CT molecular complexity index is 782. The molecule has 0 saturated carbocycles. The molecule has 0 N–H and O–H groups in total. The van der Waals surface area contributed by atoms with E-state index in [-0.39, 0.29) is 6.54 Å². The number of rotatable bonds is 4. The van der Waals surface area contributed by atoms with Crippen LogP contribution in [0.25, 0.3) is 10.9 Å². The van der Waals surface area contributed by atoms with Gasteiger partial charge < -0.3 is 0 Å². The molecule has 1 aromatic carbocycles. The second-order valence-corrected chi connectivity index (χ2v) is 5.75. The fourth-order valence-electron chi connectivity index (χ4n) is 1.59. The number of benzene rings is 1. The molecular formula is C11H12N4O3S. The predicted octanol–water partition coefficient (Wildman–Crippen LogP) is -0.125. The van der Waals surface area contributed by atoms with Crippen LogP contribution in [0.2, 0.25) is 0 Å². The minimum Gasteiger partial charge on any atom is -0.265 e. The van der Waals surface area contributed by atoms with Crippen molar-refractivity contribution in [2.45, 2.75) is 0 Å². The fraction of sp³-hybridized carbons (Fsp3) is 0.182. The van der Waals surface area contributed by atoms with Gasteiger partial charge in [-0.1, -0.05) is 18.2 Å². The van der Waals surface area contributed by atoms with Gasteiger partial charge in [-0.2, -0.15) is 4.41 Å². The van der Waals surface area contributed by atoms with Crippen LogP contribution in [0.3, 0.4) is 0 Å². The van der Waals surface area contributed by atoms with E-state index in [9.17, 15) is 13.2 Å². The number of nitrogens with zero attached hydrogens (tertiary/aromatic N) is 4. The molecule has 0 aliphatic rings. The molecule has 0 aliphatic carbocycles. The summed E-state index contributed by atoms with van der Waals surface area (Å²) >= 11 is 0. The zero-order chi connectivity index (χ0) is 14.0. The van der Waals surface area contributed by atoms with Crippen molar-refractivity contribution in [2.24, 2.45) is 0 Å². The zero-order valence-electron chi connectivity index (χ0n) is 10.2. The topological polar surface area (TPSA) is 85.2 Å². The van der Waals surface area contributed by atoms with E-state index < -0.39 is 15.6 Å². The number of sulfonamides is 1. The van der Waals surface area contributed by atoms with Crippen molar-refractivity contribution in [1.82, 2.24) is 15.1 Å². The Hall–Kier alpha value is -2.22. The van der Waals surface area contributed by atoms with Crippen LogP contribution in [-0.2, 0) is 10.0 Å². The van der Waals surface area contributed by atoms with Gasteiger partial charge in [-0.15, -0.1) is 16.5 Å². The molecule has 0 unspecified atom stereocenters. The zero-order valence-corrected chi connectivity index (χ0v) is 11.0. The lowest BCUT2D eigenvalue weighted by Crippen LogP contribution is -2.47. The molecule has 1 aromatic heterocycles. The Balaban J connectivity index is 2.71. The van der Waals surface area contributed by atoms with Crippen LogP contribution in [0.15, 0.2) is 41.7 Å². The van der Waals surface area contributed by atoms with Gasteiger partial charge in [0.2, 0.25) is 10.0 Å². The van der Waals surface area contributed by atoms with Gasteiger partial charge in [0.05, 0.1) is 18.2 Å². The minimum absolute atomic E-state index is 0.0637. The van der Waals surface area contributed by atoms with E-state index in [0.29, 0.717) is 10.9 Å². The minimum atomic E-state index is -3.65. The van der Waals surface area contributed by atoms with Crippen LogP contribution in [0, 0.1) is 0 Å². The Morgan fingerprint density at radius 3 is 2.74 bits per heavy atom. The smallest absolute Gasteiger partial charge is 0.265 e. The molecule has 100 valence electrons. The lowest BCUT2D eigenvalue weighted by Gasteiger charge is -2.20. The van der Waals surface area contributed by atoms with Crippen molar-refractivity contribution < 1.29 is 8.42 Å². The normalized spacial score (nSPS) is 11.4. The SMILES string of the molecule is C=CCN(n1nnc2ccccc2c1=O)S(C)(=O)=O. The largest absolute Gasteiger partial charge is 0.297 e. The van der Waals surface area contributed by atoms with Gasteiger partial charge in [-0.25, -0.2) is 8.42 Å². The molecule has 0 amide bonds. The van der Waals surface area contributed by atoms with Gasteiger partial charge in [-0.3, -0.25) is 4.79 Å². The molecule has 2 rings (SSSR count). The van der Waals surface area contributed by atoms with Gasteiger partial charge >= 0.3 is 0 Å². The van der Waals surface area contributed by atoms with Crippen LogP contribution in [-0.4, -0.2) is 36.3 Å². The fourth-order valence-corrected chi connectivity index (χ4v) is 2.35. The molecule has 19 heavy (non-hydrogen) atoms. The molecular weight excluding hydrogens is 268 g/mol. The van der Waals surface area contributed by atoms with Crippen LogP contribution in [0.1, 0.15) is 0 Å². The van der Waals surface area contributed by atoms with Gasteiger partial charge in [0.15, 0.2) is 0 Å². The molecule has 0 bridgehead atoms. The molecule has 2 aromatic rings. The summed E-state index contributed by atoms with van der Waals surface area (Å²) in [6.45, 7) is 3.40. The lowest BCUT2D eigenvalue weighted by molar-refractivity contribution is 0.543. The summed E-state index contributed by atoms with van der Waals surface area (Å²) in [4.78, 5) is 12.9. The summed E-state index contributed by atoms with van der Waals surface area (Å²) in [5.74, 6) is 0. The first-order valence-electron chi connectivity index (χ1n) is 5.39. The maximum Gasteiger partial charge on any atom is 0.297 e. The van der Waals surface area contributed by atoms with Crippen molar-refractivity contribution >= 4 is 20.9 Å². The highest BCUT2D eigenvalue weighted by molar-refractivity contribution is 7.91. The van der Waals surface area contributed by atoms with Crippen LogP contribution >= 0.6 is 0 Å². The highest BCUT2D eigenvalue weighted by Gasteiger charge is 2.19. The van der Waals surface area contributed by atoms with Gasteiger partial charge in [-0.05, 0) is 17.3 Å². The highest BCUT2D eigenvalue weighted by Crippen LogP contribution is 2.04. The second kappa shape index (κ2) is 4.81. The van der Waals surface area contributed by atoms with E-state index in [1.807, 2.05) is 0 Å². The molecule has 0 aliphatic heterocycles. The number of aromatic nitrogens is 3. The van der Waals surface area contributed by atoms with E-state index in [1.54, 1.807) is 24.3 Å². The van der Waals surface area contributed by atoms with E-state index in [2.05, 4.69) is 16.9 Å². The van der Waals surface area contributed by atoms with Crippen LogP contribution in [0.4, 0.5) is 0 Å². The Labute approximate surface area is 109 Å². The summed E-state index contributed by atoms with van der Waals surface area (Å²) in [6, 6.07) is 6.59. The summed E-state index contributed by atoms with van der Waals surface area (Å²) in [5, 5.41) is 7.78. The Morgan fingerprint density at radius 1 is 1.42 bits per heavy atom. The number of hydrogen-bond donors (Lipinski definition) is 0. The van der Waals surface area contributed by atoms with Crippen molar-refractivity contribution in [1.29, 1.82) is 0 Å². The monoisotopic (exact) mass is 280 g/mol. The summed E-state index contributed by atoms with van der Waals surface area (Å²) < 4.78 is 24.1. The molecule has 0 spiro atoms. The average molecular weight is 280 g/mol. The molecule has 1 heterocycles. The summed E-state index contributed by atoms with van der Waals surface area (Å²) in [5.41, 5.74) is -0.131. The summed E-state index contributed by atoms with van der Waals surface area (Å²) in [7, 11) is -3.65.